The summed E-state index contributed by atoms with van der Waals surface area (Å²) in [5.41, 5.74) is 12.5. The first-order chi connectivity index (χ1) is 8.29. The standard InChI is InChI=1S/C14H19N3/c15-8-14(16)10-17-9-11-5-6-12-3-1-2-4-13(12)7-11/h1-7,14,17H,8-10,15-16H2. The van der Waals surface area contributed by atoms with E-state index in [1.165, 1.54) is 16.3 Å². The molecule has 0 radical (unpaired) electrons. The molecule has 0 spiro atoms. The van der Waals surface area contributed by atoms with E-state index < -0.39 is 0 Å². The second kappa shape index (κ2) is 5.77. The molecule has 0 aromatic heterocycles. The Bertz CT molecular complexity index is 482. The second-order valence-electron chi connectivity index (χ2n) is 4.31. The number of hydrogen-bond acceptors (Lipinski definition) is 3. The highest BCUT2D eigenvalue weighted by molar-refractivity contribution is 5.82. The van der Waals surface area contributed by atoms with Crippen LogP contribution in [0.15, 0.2) is 42.5 Å². The predicted molar refractivity (Wildman–Crippen MR) is 72.7 cm³/mol. The van der Waals surface area contributed by atoms with Crippen LogP contribution in [0.3, 0.4) is 0 Å². The van der Waals surface area contributed by atoms with Gasteiger partial charge in [0, 0.05) is 25.7 Å². The molecule has 0 saturated carbocycles. The zero-order chi connectivity index (χ0) is 12.1. The van der Waals surface area contributed by atoms with Crippen LogP contribution in [0.4, 0.5) is 0 Å². The van der Waals surface area contributed by atoms with Crippen molar-refractivity contribution in [3.8, 4) is 0 Å². The van der Waals surface area contributed by atoms with Gasteiger partial charge in [0.25, 0.3) is 0 Å². The summed E-state index contributed by atoms with van der Waals surface area (Å²) in [6.45, 7) is 2.10. The summed E-state index contributed by atoms with van der Waals surface area (Å²) in [5.74, 6) is 0. The molecule has 0 aliphatic carbocycles. The van der Waals surface area contributed by atoms with E-state index in [-0.39, 0.29) is 6.04 Å². The fourth-order valence-corrected chi connectivity index (χ4v) is 1.83. The van der Waals surface area contributed by atoms with Crippen molar-refractivity contribution in [3.63, 3.8) is 0 Å². The minimum Gasteiger partial charge on any atom is -0.329 e. The molecule has 5 N–H and O–H groups in total. The van der Waals surface area contributed by atoms with Gasteiger partial charge in [0.1, 0.15) is 0 Å². The zero-order valence-corrected chi connectivity index (χ0v) is 9.89. The Morgan fingerprint density at radius 3 is 2.59 bits per heavy atom. The van der Waals surface area contributed by atoms with Crippen molar-refractivity contribution in [1.82, 2.24) is 5.32 Å². The monoisotopic (exact) mass is 229 g/mol. The van der Waals surface area contributed by atoms with Gasteiger partial charge in [-0.1, -0.05) is 36.4 Å². The van der Waals surface area contributed by atoms with E-state index in [1.54, 1.807) is 0 Å². The molecule has 3 heteroatoms. The third-order valence-electron chi connectivity index (χ3n) is 2.85. The van der Waals surface area contributed by atoms with Gasteiger partial charge in [-0.15, -0.1) is 0 Å². The van der Waals surface area contributed by atoms with E-state index in [2.05, 4.69) is 47.8 Å². The second-order valence-corrected chi connectivity index (χ2v) is 4.31. The number of nitrogens with one attached hydrogen (secondary N) is 1. The maximum absolute atomic E-state index is 5.74. The molecule has 0 bridgehead atoms. The van der Waals surface area contributed by atoms with E-state index in [0.717, 1.165) is 13.1 Å². The summed E-state index contributed by atoms with van der Waals surface area (Å²) in [6, 6.07) is 14.9. The summed E-state index contributed by atoms with van der Waals surface area (Å²) < 4.78 is 0. The van der Waals surface area contributed by atoms with Gasteiger partial charge in [-0.3, -0.25) is 0 Å². The summed E-state index contributed by atoms with van der Waals surface area (Å²) in [6.07, 6.45) is 0. The van der Waals surface area contributed by atoms with Crippen LogP contribution >= 0.6 is 0 Å². The van der Waals surface area contributed by atoms with Gasteiger partial charge in [0.05, 0.1) is 0 Å². The smallest absolute Gasteiger partial charge is 0.0290 e. The maximum Gasteiger partial charge on any atom is 0.0290 e. The van der Waals surface area contributed by atoms with Crippen molar-refractivity contribution in [2.24, 2.45) is 11.5 Å². The molecule has 2 aromatic rings. The van der Waals surface area contributed by atoms with Crippen LogP contribution in [0.1, 0.15) is 5.56 Å². The van der Waals surface area contributed by atoms with Crippen LogP contribution in [0.5, 0.6) is 0 Å². The Hall–Kier alpha value is -1.42. The van der Waals surface area contributed by atoms with Crippen LogP contribution in [0, 0.1) is 0 Å². The van der Waals surface area contributed by atoms with Crippen molar-refractivity contribution >= 4 is 10.8 Å². The Balaban J connectivity index is 1.99. The molecule has 0 aliphatic rings. The number of nitrogens with two attached hydrogens (primary N) is 2. The minimum absolute atomic E-state index is 0.0375. The lowest BCUT2D eigenvalue weighted by Gasteiger charge is -2.10. The summed E-state index contributed by atoms with van der Waals surface area (Å²) in [4.78, 5) is 0. The molecule has 2 aromatic carbocycles. The topological polar surface area (TPSA) is 64.1 Å². The van der Waals surface area contributed by atoms with Crippen LogP contribution in [0.2, 0.25) is 0 Å². The van der Waals surface area contributed by atoms with Gasteiger partial charge < -0.3 is 16.8 Å². The zero-order valence-electron chi connectivity index (χ0n) is 9.89. The van der Waals surface area contributed by atoms with Gasteiger partial charge in [-0.25, -0.2) is 0 Å². The Morgan fingerprint density at radius 2 is 1.82 bits per heavy atom. The first kappa shape index (κ1) is 12.0. The van der Waals surface area contributed by atoms with Gasteiger partial charge in [0.15, 0.2) is 0 Å². The van der Waals surface area contributed by atoms with E-state index in [1.807, 2.05) is 0 Å². The van der Waals surface area contributed by atoms with E-state index in [4.69, 9.17) is 11.5 Å². The lowest BCUT2D eigenvalue weighted by molar-refractivity contribution is 0.582. The summed E-state index contributed by atoms with van der Waals surface area (Å²) in [5, 5.41) is 5.86. The fraction of sp³-hybridized carbons (Fsp3) is 0.286. The predicted octanol–water partition coefficient (Wildman–Crippen LogP) is 1.22. The molecule has 17 heavy (non-hydrogen) atoms. The quantitative estimate of drug-likeness (QED) is 0.722. The average molecular weight is 229 g/mol. The Kier molecular flexibility index (Phi) is 4.09. The van der Waals surface area contributed by atoms with Crippen LogP contribution in [0.25, 0.3) is 10.8 Å². The lowest BCUT2D eigenvalue weighted by Crippen LogP contribution is -2.39. The van der Waals surface area contributed by atoms with E-state index in [9.17, 15) is 0 Å². The van der Waals surface area contributed by atoms with Crippen LogP contribution in [-0.2, 0) is 6.54 Å². The molecule has 0 amide bonds. The highest BCUT2D eigenvalue weighted by atomic mass is 14.9. The average Bonchev–Trinajstić information content (AvgIpc) is 2.38. The molecule has 1 unspecified atom stereocenters. The maximum atomic E-state index is 5.74. The fourth-order valence-electron chi connectivity index (χ4n) is 1.83. The number of hydrogen-bond donors (Lipinski definition) is 3. The van der Waals surface area contributed by atoms with Crippen LogP contribution in [-0.4, -0.2) is 19.1 Å². The van der Waals surface area contributed by atoms with E-state index >= 15 is 0 Å². The highest BCUT2D eigenvalue weighted by Crippen LogP contribution is 2.15. The summed E-state index contributed by atoms with van der Waals surface area (Å²) in [7, 11) is 0. The molecule has 0 saturated heterocycles. The van der Waals surface area contributed by atoms with Gasteiger partial charge in [-0.05, 0) is 22.4 Å². The van der Waals surface area contributed by atoms with Crippen molar-refractivity contribution in [2.45, 2.75) is 12.6 Å². The first-order valence-corrected chi connectivity index (χ1v) is 5.93. The van der Waals surface area contributed by atoms with Crippen molar-refractivity contribution in [2.75, 3.05) is 13.1 Å². The summed E-state index contributed by atoms with van der Waals surface area (Å²) >= 11 is 0. The molecule has 3 nitrogen and oxygen atoms in total. The highest BCUT2D eigenvalue weighted by Gasteiger charge is 1.99. The van der Waals surface area contributed by atoms with Gasteiger partial charge in [-0.2, -0.15) is 0 Å². The van der Waals surface area contributed by atoms with Crippen molar-refractivity contribution in [3.05, 3.63) is 48.0 Å². The van der Waals surface area contributed by atoms with E-state index in [0.29, 0.717) is 6.54 Å². The Labute approximate surface area is 102 Å². The molecule has 0 fully saturated rings. The lowest BCUT2D eigenvalue weighted by atomic mass is 10.1. The van der Waals surface area contributed by atoms with Crippen molar-refractivity contribution in [1.29, 1.82) is 0 Å². The molecular weight excluding hydrogens is 210 g/mol. The molecule has 1 atom stereocenters. The SMILES string of the molecule is NCC(N)CNCc1ccc2ccccc2c1. The normalized spacial score (nSPS) is 12.8. The first-order valence-electron chi connectivity index (χ1n) is 5.93. The molecular formula is C14H19N3. The molecule has 90 valence electrons. The van der Waals surface area contributed by atoms with Gasteiger partial charge in [0.2, 0.25) is 0 Å². The third-order valence-corrected chi connectivity index (χ3v) is 2.85. The molecule has 0 aliphatic heterocycles. The Morgan fingerprint density at radius 1 is 1.06 bits per heavy atom. The third kappa shape index (κ3) is 3.27. The number of fused-ring (bicyclic) bond motifs is 1. The van der Waals surface area contributed by atoms with Gasteiger partial charge >= 0.3 is 0 Å². The molecule has 2 rings (SSSR count). The number of rotatable bonds is 5. The van der Waals surface area contributed by atoms with Crippen LogP contribution < -0.4 is 16.8 Å². The number of benzene rings is 2. The molecule has 0 heterocycles. The van der Waals surface area contributed by atoms with Crippen molar-refractivity contribution < 1.29 is 0 Å². The largest absolute Gasteiger partial charge is 0.329 e. The minimum atomic E-state index is 0.0375.